The number of nitrogens with one attached hydrogen (secondary N) is 1. The van der Waals surface area contributed by atoms with Gasteiger partial charge in [-0.25, -0.2) is 0 Å². The number of likely N-dealkylation sites (tertiary alicyclic amines) is 1. The number of ether oxygens (including phenoxy) is 1. The summed E-state index contributed by atoms with van der Waals surface area (Å²) >= 11 is 0. The second-order valence-corrected chi connectivity index (χ2v) is 11.7. The van der Waals surface area contributed by atoms with Gasteiger partial charge in [-0.15, -0.1) is 0 Å². The highest BCUT2D eigenvalue weighted by molar-refractivity contribution is 5.94. The molecule has 1 aliphatic heterocycles. The molecule has 1 aliphatic rings. The zero-order valence-electron chi connectivity index (χ0n) is 22.0. The van der Waals surface area contributed by atoms with Crippen molar-refractivity contribution in [2.75, 3.05) is 31.1 Å². The van der Waals surface area contributed by atoms with E-state index in [0.717, 1.165) is 48.8 Å². The molecule has 0 bridgehead atoms. The maximum atomic E-state index is 8.99. The molecule has 34 heavy (non-hydrogen) atoms. The monoisotopic (exact) mass is 464 g/mol. The standard InChI is InChI=1S/C29H44N4O/c1-22-15-17-32(18-16-22)27(31)33(21-29(5,6)20-30)25-11-13-26(14-12-25)34-19-23-7-9-24(10-8-23)28(2,3)4/h7-14,22,31H,15-21,30H2,1-6H3. The van der Waals surface area contributed by atoms with Gasteiger partial charge >= 0.3 is 0 Å². The first-order valence-electron chi connectivity index (χ1n) is 12.6. The quantitative estimate of drug-likeness (QED) is 0.388. The van der Waals surface area contributed by atoms with E-state index in [0.29, 0.717) is 25.7 Å². The largest absolute Gasteiger partial charge is 0.489 e. The number of hydrogen-bond donors (Lipinski definition) is 2. The number of nitrogens with zero attached hydrogens (tertiary/aromatic N) is 2. The Hall–Kier alpha value is -2.53. The molecule has 2 aromatic carbocycles. The van der Waals surface area contributed by atoms with Crippen molar-refractivity contribution in [2.45, 2.75) is 66.4 Å². The second kappa shape index (κ2) is 10.8. The molecule has 1 fully saturated rings. The smallest absolute Gasteiger partial charge is 0.198 e. The van der Waals surface area contributed by atoms with Gasteiger partial charge in [0.1, 0.15) is 12.4 Å². The molecule has 0 aromatic heterocycles. The molecule has 5 nitrogen and oxygen atoms in total. The van der Waals surface area contributed by atoms with Gasteiger partial charge in [-0.2, -0.15) is 0 Å². The van der Waals surface area contributed by atoms with Crippen LogP contribution in [0.1, 0.15) is 65.5 Å². The van der Waals surface area contributed by atoms with Crippen LogP contribution in [0.15, 0.2) is 48.5 Å². The van der Waals surface area contributed by atoms with Gasteiger partial charge < -0.3 is 20.3 Å². The first-order valence-corrected chi connectivity index (χ1v) is 12.6. The van der Waals surface area contributed by atoms with Crippen LogP contribution in [0.5, 0.6) is 5.75 Å². The lowest BCUT2D eigenvalue weighted by Crippen LogP contribution is -2.51. The van der Waals surface area contributed by atoms with Crippen molar-refractivity contribution in [3.05, 3.63) is 59.7 Å². The lowest BCUT2D eigenvalue weighted by Gasteiger charge is -2.40. The van der Waals surface area contributed by atoms with Crippen molar-refractivity contribution in [3.8, 4) is 5.75 Å². The Bertz CT molecular complexity index is 920. The fourth-order valence-corrected chi connectivity index (χ4v) is 4.16. The van der Waals surface area contributed by atoms with Crippen molar-refractivity contribution in [2.24, 2.45) is 17.1 Å². The van der Waals surface area contributed by atoms with Crippen LogP contribution < -0.4 is 15.4 Å². The summed E-state index contributed by atoms with van der Waals surface area (Å²) in [6.45, 7) is 17.0. The minimum Gasteiger partial charge on any atom is -0.489 e. The topological polar surface area (TPSA) is 65.6 Å². The van der Waals surface area contributed by atoms with Crippen LogP contribution in [-0.4, -0.2) is 37.0 Å². The second-order valence-electron chi connectivity index (χ2n) is 11.7. The van der Waals surface area contributed by atoms with Gasteiger partial charge in [0.15, 0.2) is 5.96 Å². The number of hydrogen-bond acceptors (Lipinski definition) is 3. The Balaban J connectivity index is 1.69. The Kier molecular flexibility index (Phi) is 8.29. The van der Waals surface area contributed by atoms with E-state index in [2.05, 4.69) is 87.7 Å². The summed E-state index contributed by atoms with van der Waals surface area (Å²) in [6.07, 6.45) is 2.28. The average molecular weight is 465 g/mol. The summed E-state index contributed by atoms with van der Waals surface area (Å²) in [4.78, 5) is 4.32. The molecule has 0 spiro atoms. The minimum absolute atomic E-state index is 0.0935. The van der Waals surface area contributed by atoms with Crippen molar-refractivity contribution < 1.29 is 4.74 Å². The molecule has 2 aromatic rings. The van der Waals surface area contributed by atoms with Gasteiger partial charge in [-0.1, -0.05) is 65.8 Å². The summed E-state index contributed by atoms with van der Waals surface area (Å²) in [5.41, 5.74) is 9.60. The Morgan fingerprint density at radius 2 is 1.59 bits per heavy atom. The summed E-state index contributed by atoms with van der Waals surface area (Å²) in [5, 5.41) is 8.99. The van der Waals surface area contributed by atoms with Crippen LogP contribution in [0, 0.1) is 16.7 Å². The molecule has 1 saturated heterocycles. The van der Waals surface area contributed by atoms with E-state index < -0.39 is 0 Å². The number of benzene rings is 2. The summed E-state index contributed by atoms with van der Waals surface area (Å²) in [7, 11) is 0. The predicted molar refractivity (Wildman–Crippen MR) is 144 cm³/mol. The molecule has 0 saturated carbocycles. The highest BCUT2D eigenvalue weighted by Crippen LogP contribution is 2.27. The Morgan fingerprint density at radius 3 is 2.12 bits per heavy atom. The molecule has 3 N–H and O–H groups in total. The van der Waals surface area contributed by atoms with Crippen LogP contribution >= 0.6 is 0 Å². The third-order valence-electron chi connectivity index (χ3n) is 6.85. The zero-order chi connectivity index (χ0) is 24.9. The molecular formula is C29H44N4O. The van der Waals surface area contributed by atoms with E-state index in [-0.39, 0.29) is 10.8 Å². The van der Waals surface area contributed by atoms with Crippen LogP contribution in [0.2, 0.25) is 0 Å². The average Bonchev–Trinajstić information content (AvgIpc) is 2.81. The number of anilines is 1. The normalized spacial score (nSPS) is 15.3. The Labute approximate surface area is 206 Å². The maximum absolute atomic E-state index is 8.99. The van der Waals surface area contributed by atoms with Crippen molar-refractivity contribution in [3.63, 3.8) is 0 Å². The first kappa shape index (κ1) is 26.1. The van der Waals surface area contributed by atoms with Gasteiger partial charge in [0.05, 0.1) is 0 Å². The number of piperidine rings is 1. The molecular weight excluding hydrogens is 420 g/mol. The van der Waals surface area contributed by atoms with Crippen LogP contribution in [0.4, 0.5) is 5.69 Å². The molecule has 0 aliphatic carbocycles. The third-order valence-corrected chi connectivity index (χ3v) is 6.85. The fraction of sp³-hybridized carbons (Fsp3) is 0.552. The molecule has 0 radical (unpaired) electrons. The molecule has 186 valence electrons. The van der Waals surface area contributed by atoms with E-state index >= 15 is 0 Å². The highest BCUT2D eigenvalue weighted by Gasteiger charge is 2.28. The molecule has 1 heterocycles. The van der Waals surface area contributed by atoms with Gasteiger partial charge in [0, 0.05) is 25.3 Å². The minimum atomic E-state index is -0.0935. The van der Waals surface area contributed by atoms with Crippen LogP contribution in [-0.2, 0) is 12.0 Å². The van der Waals surface area contributed by atoms with Gasteiger partial charge in [0.25, 0.3) is 0 Å². The van der Waals surface area contributed by atoms with Crippen molar-refractivity contribution in [1.29, 1.82) is 5.41 Å². The lowest BCUT2D eigenvalue weighted by molar-refractivity contribution is 0.272. The SMILES string of the molecule is CC1CCN(C(=N)N(CC(C)(C)CN)c2ccc(OCc3ccc(C(C)(C)C)cc3)cc2)CC1. The lowest BCUT2D eigenvalue weighted by atomic mass is 9.87. The summed E-state index contributed by atoms with van der Waals surface area (Å²) < 4.78 is 6.06. The van der Waals surface area contributed by atoms with E-state index in [1.165, 1.54) is 5.56 Å². The van der Waals surface area contributed by atoms with Crippen molar-refractivity contribution >= 4 is 11.6 Å². The number of rotatable bonds is 7. The number of nitrogens with two attached hydrogens (primary N) is 1. The third kappa shape index (κ3) is 6.99. The van der Waals surface area contributed by atoms with E-state index in [1.807, 2.05) is 12.1 Å². The van der Waals surface area contributed by atoms with Crippen LogP contribution in [0.3, 0.4) is 0 Å². The van der Waals surface area contributed by atoms with Crippen molar-refractivity contribution in [1.82, 2.24) is 4.90 Å². The molecule has 3 rings (SSSR count). The molecule has 0 amide bonds. The van der Waals surface area contributed by atoms with E-state index in [9.17, 15) is 0 Å². The predicted octanol–water partition coefficient (Wildman–Crippen LogP) is 6.02. The molecule has 0 unspecified atom stereocenters. The van der Waals surface area contributed by atoms with E-state index in [4.69, 9.17) is 15.9 Å². The van der Waals surface area contributed by atoms with Gasteiger partial charge in [0.2, 0.25) is 0 Å². The molecule has 5 heteroatoms. The zero-order valence-corrected chi connectivity index (χ0v) is 22.0. The first-order chi connectivity index (χ1) is 16.0. The van der Waals surface area contributed by atoms with E-state index in [1.54, 1.807) is 0 Å². The van der Waals surface area contributed by atoms with Crippen LogP contribution in [0.25, 0.3) is 0 Å². The highest BCUT2D eigenvalue weighted by atomic mass is 16.5. The maximum Gasteiger partial charge on any atom is 0.198 e. The summed E-state index contributed by atoms with van der Waals surface area (Å²) in [5.74, 6) is 2.14. The molecule has 0 atom stereocenters. The van der Waals surface area contributed by atoms with Gasteiger partial charge in [-0.05, 0) is 71.5 Å². The van der Waals surface area contributed by atoms with Gasteiger partial charge in [-0.3, -0.25) is 5.41 Å². The Morgan fingerprint density at radius 1 is 1.00 bits per heavy atom. The fourth-order valence-electron chi connectivity index (χ4n) is 4.16. The number of guanidine groups is 1. The summed E-state index contributed by atoms with van der Waals surface area (Å²) in [6, 6.07) is 16.8.